The van der Waals surface area contributed by atoms with E-state index in [0.29, 0.717) is 17.2 Å². The lowest BCUT2D eigenvalue weighted by molar-refractivity contribution is -0.0472. The van der Waals surface area contributed by atoms with Crippen LogP contribution < -0.4 is 14.2 Å². The lowest BCUT2D eigenvalue weighted by Crippen LogP contribution is -2.47. The van der Waals surface area contributed by atoms with Gasteiger partial charge in [0, 0.05) is 18.7 Å². The Labute approximate surface area is 137 Å². The van der Waals surface area contributed by atoms with Crippen molar-refractivity contribution in [3.63, 3.8) is 0 Å². The van der Waals surface area contributed by atoms with Crippen molar-refractivity contribution in [1.29, 1.82) is 0 Å². The lowest BCUT2D eigenvalue weighted by Gasteiger charge is -2.37. The van der Waals surface area contributed by atoms with Crippen molar-refractivity contribution in [2.75, 3.05) is 34.4 Å². The number of thiocarbonyl (C=S) groups is 1. The zero-order valence-electron chi connectivity index (χ0n) is 13.7. The van der Waals surface area contributed by atoms with Crippen molar-refractivity contribution in [2.24, 2.45) is 0 Å². The number of morpholine rings is 1. The van der Waals surface area contributed by atoms with Crippen LogP contribution in [0.2, 0.25) is 0 Å². The summed E-state index contributed by atoms with van der Waals surface area (Å²) in [5, 5.41) is 0. The topological polar surface area (TPSA) is 40.2 Å². The monoisotopic (exact) mass is 325 g/mol. The minimum atomic E-state index is 0.156. The van der Waals surface area contributed by atoms with Crippen LogP contribution in [0.4, 0.5) is 0 Å². The van der Waals surface area contributed by atoms with E-state index in [4.69, 9.17) is 31.2 Å². The van der Waals surface area contributed by atoms with Gasteiger partial charge in [0.05, 0.1) is 33.5 Å². The molecular formula is C16H23NO4S. The number of rotatable bonds is 4. The maximum absolute atomic E-state index is 5.76. The van der Waals surface area contributed by atoms with Gasteiger partial charge in [-0.3, -0.25) is 0 Å². The first kappa shape index (κ1) is 16.8. The van der Waals surface area contributed by atoms with Crippen LogP contribution in [0.1, 0.15) is 19.4 Å². The van der Waals surface area contributed by atoms with E-state index in [0.717, 1.165) is 23.6 Å². The Bertz CT molecular complexity index is 514. The second kappa shape index (κ2) is 7.15. The van der Waals surface area contributed by atoms with Crippen molar-refractivity contribution in [1.82, 2.24) is 4.90 Å². The molecule has 1 aromatic carbocycles. The highest BCUT2D eigenvalue weighted by atomic mass is 32.1. The quantitative estimate of drug-likeness (QED) is 0.792. The van der Waals surface area contributed by atoms with E-state index in [9.17, 15) is 0 Å². The SMILES string of the molecule is COc1cc(C(=S)N2CC(C)OC(C)C2)cc(OC)c1OC. The number of hydrogen-bond donors (Lipinski definition) is 0. The highest BCUT2D eigenvalue weighted by Gasteiger charge is 2.26. The van der Waals surface area contributed by atoms with Crippen molar-refractivity contribution in [3.8, 4) is 17.2 Å². The van der Waals surface area contributed by atoms with E-state index >= 15 is 0 Å². The summed E-state index contributed by atoms with van der Waals surface area (Å²) in [6.07, 6.45) is 0.312. The zero-order chi connectivity index (χ0) is 16.3. The van der Waals surface area contributed by atoms with Gasteiger partial charge in [0.15, 0.2) is 11.5 Å². The van der Waals surface area contributed by atoms with Crippen LogP contribution in [-0.2, 0) is 4.74 Å². The van der Waals surface area contributed by atoms with E-state index in [1.54, 1.807) is 21.3 Å². The molecule has 1 heterocycles. The third-order valence-electron chi connectivity index (χ3n) is 3.62. The van der Waals surface area contributed by atoms with Crippen LogP contribution >= 0.6 is 12.2 Å². The van der Waals surface area contributed by atoms with Gasteiger partial charge in [0.1, 0.15) is 4.99 Å². The first-order valence-electron chi connectivity index (χ1n) is 7.24. The summed E-state index contributed by atoms with van der Waals surface area (Å²) in [5.41, 5.74) is 0.880. The fraction of sp³-hybridized carbons (Fsp3) is 0.562. The summed E-state index contributed by atoms with van der Waals surface area (Å²) in [7, 11) is 4.79. The van der Waals surface area contributed by atoms with Gasteiger partial charge in [0.25, 0.3) is 0 Å². The third kappa shape index (κ3) is 3.44. The predicted molar refractivity (Wildman–Crippen MR) is 89.4 cm³/mol. The molecule has 1 fully saturated rings. The molecule has 5 nitrogen and oxygen atoms in total. The molecule has 0 aromatic heterocycles. The van der Waals surface area contributed by atoms with E-state index in [1.807, 2.05) is 12.1 Å². The molecule has 1 aliphatic rings. The second-order valence-corrected chi connectivity index (χ2v) is 5.77. The van der Waals surface area contributed by atoms with Crippen molar-refractivity contribution >= 4 is 17.2 Å². The third-order valence-corrected chi connectivity index (χ3v) is 4.11. The van der Waals surface area contributed by atoms with E-state index < -0.39 is 0 Å². The van der Waals surface area contributed by atoms with Crippen molar-refractivity contribution in [3.05, 3.63) is 17.7 Å². The average molecular weight is 325 g/mol. The fourth-order valence-electron chi connectivity index (χ4n) is 2.73. The molecule has 1 aromatic rings. The number of ether oxygens (including phenoxy) is 4. The van der Waals surface area contributed by atoms with Gasteiger partial charge in [-0.15, -0.1) is 0 Å². The molecule has 0 spiro atoms. The maximum atomic E-state index is 5.76. The van der Waals surface area contributed by atoms with Crippen LogP contribution in [0.3, 0.4) is 0 Å². The number of hydrogen-bond acceptors (Lipinski definition) is 5. The number of methoxy groups -OCH3 is 3. The zero-order valence-corrected chi connectivity index (χ0v) is 14.5. The van der Waals surface area contributed by atoms with Gasteiger partial charge in [-0.1, -0.05) is 12.2 Å². The van der Waals surface area contributed by atoms with E-state index in [2.05, 4.69) is 18.7 Å². The Morgan fingerprint density at radius 1 is 1.05 bits per heavy atom. The van der Waals surface area contributed by atoms with Gasteiger partial charge in [-0.25, -0.2) is 0 Å². The molecule has 0 radical (unpaired) electrons. The first-order valence-corrected chi connectivity index (χ1v) is 7.65. The number of benzene rings is 1. The fourth-order valence-corrected chi connectivity index (χ4v) is 3.00. The Hall–Kier alpha value is -1.53. The van der Waals surface area contributed by atoms with Crippen molar-refractivity contribution < 1.29 is 18.9 Å². The molecular weight excluding hydrogens is 302 g/mol. The summed E-state index contributed by atoms with van der Waals surface area (Å²) >= 11 is 5.66. The summed E-state index contributed by atoms with van der Waals surface area (Å²) in [4.78, 5) is 2.93. The van der Waals surface area contributed by atoms with Gasteiger partial charge in [0.2, 0.25) is 5.75 Å². The molecule has 6 heteroatoms. The Morgan fingerprint density at radius 3 is 1.95 bits per heavy atom. The molecule has 0 bridgehead atoms. The summed E-state index contributed by atoms with van der Waals surface area (Å²) in [5.74, 6) is 1.78. The molecule has 0 amide bonds. The van der Waals surface area contributed by atoms with Gasteiger partial charge in [-0.2, -0.15) is 0 Å². The normalized spacial score (nSPS) is 21.4. The highest BCUT2D eigenvalue weighted by Crippen LogP contribution is 2.38. The molecule has 122 valence electrons. The summed E-state index contributed by atoms with van der Waals surface area (Å²) < 4.78 is 21.9. The lowest BCUT2D eigenvalue weighted by atomic mass is 10.1. The molecule has 0 saturated carbocycles. The Balaban J connectivity index is 2.33. The molecule has 1 aliphatic heterocycles. The van der Waals surface area contributed by atoms with Crippen LogP contribution in [-0.4, -0.2) is 56.5 Å². The first-order chi connectivity index (χ1) is 10.5. The van der Waals surface area contributed by atoms with Crippen LogP contribution in [0, 0.1) is 0 Å². The van der Waals surface area contributed by atoms with Crippen molar-refractivity contribution in [2.45, 2.75) is 26.1 Å². The molecule has 2 rings (SSSR count). The van der Waals surface area contributed by atoms with Crippen LogP contribution in [0.25, 0.3) is 0 Å². The maximum Gasteiger partial charge on any atom is 0.203 e. The largest absolute Gasteiger partial charge is 0.493 e. The standard InChI is InChI=1S/C16H23NO4S/c1-10-8-17(9-11(2)21-10)16(22)12-6-13(18-3)15(20-5)14(7-12)19-4/h6-7,10-11H,8-9H2,1-5H3. The molecule has 1 saturated heterocycles. The Morgan fingerprint density at radius 2 is 1.55 bits per heavy atom. The predicted octanol–water partition coefficient (Wildman–Crippen LogP) is 2.50. The molecule has 0 N–H and O–H groups in total. The molecule has 0 aliphatic carbocycles. The van der Waals surface area contributed by atoms with Crippen LogP contribution in [0.15, 0.2) is 12.1 Å². The van der Waals surface area contributed by atoms with Gasteiger partial charge in [-0.05, 0) is 26.0 Å². The molecule has 2 atom stereocenters. The van der Waals surface area contributed by atoms with Crippen LogP contribution in [0.5, 0.6) is 17.2 Å². The highest BCUT2D eigenvalue weighted by molar-refractivity contribution is 7.80. The average Bonchev–Trinajstić information content (AvgIpc) is 2.51. The summed E-state index contributed by atoms with van der Waals surface area (Å²) in [6.45, 7) is 5.67. The van der Waals surface area contributed by atoms with Gasteiger partial charge < -0.3 is 23.8 Å². The molecule has 2 unspecified atom stereocenters. The second-order valence-electron chi connectivity index (χ2n) is 5.38. The summed E-state index contributed by atoms with van der Waals surface area (Å²) in [6, 6.07) is 3.77. The van der Waals surface area contributed by atoms with E-state index in [-0.39, 0.29) is 12.2 Å². The Kier molecular flexibility index (Phi) is 5.47. The van der Waals surface area contributed by atoms with Gasteiger partial charge >= 0.3 is 0 Å². The smallest absolute Gasteiger partial charge is 0.203 e. The minimum Gasteiger partial charge on any atom is -0.493 e. The number of nitrogens with zero attached hydrogens (tertiary/aromatic N) is 1. The molecule has 22 heavy (non-hydrogen) atoms. The minimum absolute atomic E-state index is 0.156. The van der Waals surface area contributed by atoms with E-state index in [1.165, 1.54) is 0 Å².